The van der Waals surface area contributed by atoms with Crippen LogP contribution in [-0.2, 0) is 14.3 Å². The molecule has 0 heterocycles. The predicted octanol–water partition coefficient (Wildman–Crippen LogP) is 2.43. The first-order valence-corrected chi connectivity index (χ1v) is 6.29. The highest BCUT2D eigenvalue weighted by Crippen LogP contribution is 2.16. The highest BCUT2D eigenvalue weighted by Gasteiger charge is 2.11. The first-order valence-electron chi connectivity index (χ1n) is 5.21. The monoisotopic (exact) mass is 347 g/mol. The second kappa shape index (κ2) is 6.58. The summed E-state index contributed by atoms with van der Waals surface area (Å²) in [5.74, 6) is -0.925. The molecule has 1 amide bonds. The van der Waals surface area contributed by atoms with Crippen LogP contribution in [0.1, 0.15) is 13.8 Å². The molecule has 1 N–H and O–H groups in total. The molecule has 0 aliphatic carbocycles. The number of benzene rings is 1. The Kier molecular flexibility index (Phi) is 5.40. The summed E-state index contributed by atoms with van der Waals surface area (Å²) in [6, 6.07) is 7.40. The molecule has 0 bridgehead atoms. The lowest BCUT2D eigenvalue weighted by Gasteiger charge is -2.09. The van der Waals surface area contributed by atoms with Crippen molar-refractivity contribution in [1.82, 2.24) is 0 Å². The van der Waals surface area contributed by atoms with Gasteiger partial charge >= 0.3 is 5.97 Å². The summed E-state index contributed by atoms with van der Waals surface area (Å²) in [6.45, 7) is 3.20. The smallest absolute Gasteiger partial charge is 0.308 e. The lowest BCUT2D eigenvalue weighted by Crippen LogP contribution is -2.23. The Morgan fingerprint density at radius 3 is 2.59 bits per heavy atom. The Labute approximate surface area is 114 Å². The van der Waals surface area contributed by atoms with Crippen molar-refractivity contribution in [3.05, 3.63) is 27.8 Å². The van der Waals surface area contributed by atoms with Crippen molar-refractivity contribution in [3.8, 4) is 0 Å². The van der Waals surface area contributed by atoms with Crippen LogP contribution in [0.3, 0.4) is 0 Å². The number of ether oxygens (including phenoxy) is 1. The second-order valence-electron chi connectivity index (χ2n) is 3.79. The maximum absolute atomic E-state index is 11.5. The number of hydrogen-bond donors (Lipinski definition) is 1. The quantitative estimate of drug-likeness (QED) is 0.672. The van der Waals surface area contributed by atoms with Crippen LogP contribution in [0.15, 0.2) is 24.3 Å². The molecule has 1 aromatic rings. The van der Waals surface area contributed by atoms with Crippen molar-refractivity contribution < 1.29 is 14.3 Å². The number of amides is 1. The summed E-state index contributed by atoms with van der Waals surface area (Å²) < 4.78 is 5.76. The van der Waals surface area contributed by atoms with E-state index in [2.05, 4.69) is 27.9 Å². The molecule has 1 aromatic carbocycles. The summed E-state index contributed by atoms with van der Waals surface area (Å²) in [7, 11) is 0. The number of halogens is 1. The van der Waals surface area contributed by atoms with E-state index in [0.717, 1.165) is 9.26 Å². The van der Waals surface area contributed by atoms with Gasteiger partial charge in [0.1, 0.15) is 0 Å². The standard InChI is InChI=1S/C12H14INO3/c1-8(2)12(16)17-7-11(15)14-10-6-4-3-5-9(10)13/h3-6,8H,7H2,1-2H3,(H,14,15). The highest BCUT2D eigenvalue weighted by atomic mass is 127. The van der Waals surface area contributed by atoms with Gasteiger partial charge < -0.3 is 10.1 Å². The zero-order valence-electron chi connectivity index (χ0n) is 9.70. The van der Waals surface area contributed by atoms with Gasteiger partial charge in [0.25, 0.3) is 5.91 Å². The van der Waals surface area contributed by atoms with Crippen molar-refractivity contribution in [3.63, 3.8) is 0 Å². The Hall–Kier alpha value is -1.11. The first kappa shape index (κ1) is 14.0. The average molecular weight is 347 g/mol. The van der Waals surface area contributed by atoms with Crippen LogP contribution in [0.2, 0.25) is 0 Å². The van der Waals surface area contributed by atoms with Crippen LogP contribution in [0.25, 0.3) is 0 Å². The van der Waals surface area contributed by atoms with Crippen molar-refractivity contribution in [2.24, 2.45) is 5.92 Å². The molecule has 92 valence electrons. The normalized spacial score (nSPS) is 10.1. The van der Waals surface area contributed by atoms with Crippen LogP contribution < -0.4 is 5.32 Å². The molecule has 4 nitrogen and oxygen atoms in total. The highest BCUT2D eigenvalue weighted by molar-refractivity contribution is 14.1. The van der Waals surface area contributed by atoms with Gasteiger partial charge in [-0.15, -0.1) is 0 Å². The molecule has 0 fully saturated rings. The maximum Gasteiger partial charge on any atom is 0.308 e. The summed E-state index contributed by atoms with van der Waals surface area (Å²) >= 11 is 2.12. The van der Waals surface area contributed by atoms with Crippen LogP contribution in [0, 0.1) is 9.49 Å². The average Bonchev–Trinajstić information content (AvgIpc) is 2.29. The van der Waals surface area contributed by atoms with Gasteiger partial charge in [0, 0.05) is 3.57 Å². The summed E-state index contributed by atoms with van der Waals surface area (Å²) in [4.78, 5) is 22.7. The fraction of sp³-hybridized carbons (Fsp3) is 0.333. The molecule has 1 rings (SSSR count). The zero-order chi connectivity index (χ0) is 12.8. The van der Waals surface area contributed by atoms with Crippen molar-refractivity contribution >= 4 is 40.2 Å². The molecular formula is C12H14INO3. The first-order chi connectivity index (χ1) is 8.00. The van der Waals surface area contributed by atoms with Gasteiger partial charge in [-0.3, -0.25) is 9.59 Å². The van der Waals surface area contributed by atoms with Crippen molar-refractivity contribution in [2.75, 3.05) is 11.9 Å². The molecule has 0 atom stereocenters. The van der Waals surface area contributed by atoms with E-state index in [9.17, 15) is 9.59 Å². The number of hydrogen-bond acceptors (Lipinski definition) is 3. The maximum atomic E-state index is 11.5. The zero-order valence-corrected chi connectivity index (χ0v) is 11.9. The van der Waals surface area contributed by atoms with Gasteiger partial charge in [0.05, 0.1) is 11.6 Å². The van der Waals surface area contributed by atoms with Crippen molar-refractivity contribution in [2.45, 2.75) is 13.8 Å². The van der Waals surface area contributed by atoms with E-state index in [1.807, 2.05) is 18.2 Å². The van der Waals surface area contributed by atoms with Crippen LogP contribution in [0.4, 0.5) is 5.69 Å². The number of esters is 1. The van der Waals surface area contributed by atoms with Gasteiger partial charge in [-0.05, 0) is 34.7 Å². The second-order valence-corrected chi connectivity index (χ2v) is 4.95. The Balaban J connectivity index is 2.46. The fourth-order valence-corrected chi connectivity index (χ4v) is 1.57. The van der Waals surface area contributed by atoms with Crippen molar-refractivity contribution in [1.29, 1.82) is 0 Å². The van der Waals surface area contributed by atoms with Gasteiger partial charge in [-0.25, -0.2) is 0 Å². The van der Waals surface area contributed by atoms with Crippen LogP contribution in [0.5, 0.6) is 0 Å². The Morgan fingerprint density at radius 2 is 2.00 bits per heavy atom. The lowest BCUT2D eigenvalue weighted by molar-refractivity contribution is -0.150. The van der Waals surface area contributed by atoms with Crippen LogP contribution in [-0.4, -0.2) is 18.5 Å². The summed E-state index contributed by atoms with van der Waals surface area (Å²) in [6.07, 6.45) is 0. The fourth-order valence-electron chi connectivity index (χ4n) is 1.05. The molecule has 0 spiro atoms. The van der Waals surface area contributed by atoms with E-state index in [0.29, 0.717) is 0 Å². The number of anilines is 1. The largest absolute Gasteiger partial charge is 0.455 e. The third-order valence-corrected chi connectivity index (χ3v) is 2.91. The molecule has 0 saturated heterocycles. The van der Waals surface area contributed by atoms with E-state index in [1.54, 1.807) is 19.9 Å². The molecule has 0 unspecified atom stereocenters. The topological polar surface area (TPSA) is 55.4 Å². The lowest BCUT2D eigenvalue weighted by atomic mass is 10.2. The van der Waals surface area contributed by atoms with E-state index < -0.39 is 0 Å². The van der Waals surface area contributed by atoms with E-state index >= 15 is 0 Å². The van der Waals surface area contributed by atoms with E-state index in [4.69, 9.17) is 4.74 Å². The minimum Gasteiger partial charge on any atom is -0.455 e. The number of rotatable bonds is 4. The number of carbonyl (C=O) groups excluding carboxylic acids is 2. The minimum absolute atomic E-state index is 0.223. The molecule has 0 aliphatic heterocycles. The number of nitrogens with one attached hydrogen (secondary N) is 1. The van der Waals surface area contributed by atoms with E-state index in [-0.39, 0.29) is 24.4 Å². The third-order valence-electron chi connectivity index (χ3n) is 1.96. The molecule has 0 aliphatic rings. The van der Waals surface area contributed by atoms with Gasteiger partial charge in [0.15, 0.2) is 6.61 Å². The molecular weight excluding hydrogens is 333 g/mol. The van der Waals surface area contributed by atoms with E-state index in [1.165, 1.54) is 0 Å². The summed E-state index contributed by atoms with van der Waals surface area (Å²) in [5.41, 5.74) is 0.721. The molecule has 17 heavy (non-hydrogen) atoms. The molecule has 0 radical (unpaired) electrons. The van der Waals surface area contributed by atoms with Crippen LogP contribution >= 0.6 is 22.6 Å². The number of carbonyl (C=O) groups is 2. The molecule has 0 aromatic heterocycles. The minimum atomic E-state index is -0.372. The predicted molar refractivity (Wildman–Crippen MR) is 73.6 cm³/mol. The van der Waals surface area contributed by atoms with Gasteiger partial charge in [-0.1, -0.05) is 26.0 Å². The summed E-state index contributed by atoms with van der Waals surface area (Å²) in [5, 5.41) is 2.68. The van der Waals surface area contributed by atoms with Gasteiger partial charge in [0.2, 0.25) is 0 Å². The molecule has 0 saturated carbocycles. The SMILES string of the molecule is CC(C)C(=O)OCC(=O)Nc1ccccc1I. The Morgan fingerprint density at radius 1 is 1.35 bits per heavy atom. The third kappa shape index (κ3) is 4.72. The van der Waals surface area contributed by atoms with Gasteiger partial charge in [-0.2, -0.15) is 0 Å². The number of para-hydroxylation sites is 1. The Bertz CT molecular complexity index is 418. The molecule has 5 heteroatoms.